The van der Waals surface area contributed by atoms with E-state index < -0.39 is 14.9 Å². The number of nitro groups is 1. The first-order valence-electron chi connectivity index (χ1n) is 8.89. The molecule has 0 aliphatic heterocycles. The zero-order valence-corrected chi connectivity index (χ0v) is 17.6. The minimum atomic E-state index is -3.69. The van der Waals surface area contributed by atoms with Crippen molar-refractivity contribution in [3.8, 4) is 11.5 Å². The van der Waals surface area contributed by atoms with Crippen LogP contribution < -0.4 is 19.1 Å². The Morgan fingerprint density at radius 3 is 2.50 bits per heavy atom. The Hall–Kier alpha value is -3.34. The molecule has 30 heavy (non-hydrogen) atoms. The van der Waals surface area contributed by atoms with E-state index in [4.69, 9.17) is 9.47 Å². The highest BCUT2D eigenvalue weighted by Crippen LogP contribution is 2.29. The van der Waals surface area contributed by atoms with E-state index in [1.165, 1.54) is 38.5 Å². The van der Waals surface area contributed by atoms with Gasteiger partial charge in [0.25, 0.3) is 5.69 Å². The lowest BCUT2D eigenvalue weighted by Gasteiger charge is -2.22. The maximum Gasteiger partial charge on any atom is 0.271 e. The SMILES string of the molecule is COc1ccc(NC(=O)CCCN(c2cccc([N+](=O)[O-])c2)S(C)(=O)=O)c(OC)c1. The summed E-state index contributed by atoms with van der Waals surface area (Å²) in [7, 11) is -0.709. The van der Waals surface area contributed by atoms with Crippen molar-refractivity contribution in [2.75, 3.05) is 36.6 Å². The molecule has 10 nitrogen and oxygen atoms in total. The molecule has 1 amide bonds. The molecule has 0 saturated carbocycles. The lowest BCUT2D eigenvalue weighted by molar-refractivity contribution is -0.384. The van der Waals surface area contributed by atoms with Crippen LogP contribution in [0.15, 0.2) is 42.5 Å². The number of hydrogen-bond donors (Lipinski definition) is 1. The van der Waals surface area contributed by atoms with Crippen LogP contribution in [0.1, 0.15) is 12.8 Å². The highest BCUT2D eigenvalue weighted by Gasteiger charge is 2.20. The number of benzene rings is 2. The standard InChI is InChI=1S/C19H23N3O7S/c1-28-16-9-10-17(18(13-16)29-2)20-19(23)8-5-11-21(30(3,26)27)14-6-4-7-15(12-14)22(24)25/h4,6-7,9-10,12-13H,5,8,11H2,1-3H3,(H,20,23). The van der Waals surface area contributed by atoms with Gasteiger partial charge in [0.05, 0.1) is 36.8 Å². The Bertz CT molecular complexity index is 1020. The number of methoxy groups -OCH3 is 2. The van der Waals surface area contributed by atoms with E-state index in [1.54, 1.807) is 18.2 Å². The smallest absolute Gasteiger partial charge is 0.271 e. The largest absolute Gasteiger partial charge is 0.497 e. The maximum atomic E-state index is 12.3. The lowest BCUT2D eigenvalue weighted by atomic mass is 10.2. The van der Waals surface area contributed by atoms with Crippen molar-refractivity contribution in [2.24, 2.45) is 0 Å². The first-order valence-corrected chi connectivity index (χ1v) is 10.7. The fourth-order valence-electron chi connectivity index (χ4n) is 2.75. The molecule has 1 N–H and O–H groups in total. The van der Waals surface area contributed by atoms with E-state index in [9.17, 15) is 23.3 Å². The van der Waals surface area contributed by atoms with Crippen LogP contribution in [0.4, 0.5) is 17.1 Å². The van der Waals surface area contributed by atoms with Crippen molar-refractivity contribution in [3.05, 3.63) is 52.6 Å². The molecule has 0 radical (unpaired) electrons. The number of nitro benzene ring substituents is 1. The van der Waals surface area contributed by atoms with Gasteiger partial charge in [0.1, 0.15) is 11.5 Å². The molecule has 0 saturated heterocycles. The first-order chi connectivity index (χ1) is 14.2. The molecule has 0 aliphatic rings. The van der Waals surface area contributed by atoms with E-state index in [-0.39, 0.29) is 36.7 Å². The van der Waals surface area contributed by atoms with Gasteiger partial charge < -0.3 is 14.8 Å². The predicted molar refractivity (Wildman–Crippen MR) is 113 cm³/mol. The predicted octanol–water partition coefficient (Wildman–Crippen LogP) is 2.80. The Morgan fingerprint density at radius 2 is 1.90 bits per heavy atom. The van der Waals surface area contributed by atoms with Crippen LogP contribution in [-0.4, -0.2) is 46.3 Å². The normalized spacial score (nSPS) is 10.9. The molecule has 0 aliphatic carbocycles. The molecule has 0 aromatic heterocycles. The summed E-state index contributed by atoms with van der Waals surface area (Å²) in [5.41, 5.74) is 0.413. The van der Waals surface area contributed by atoms with E-state index in [0.29, 0.717) is 17.2 Å². The molecular weight excluding hydrogens is 414 g/mol. The lowest BCUT2D eigenvalue weighted by Crippen LogP contribution is -2.31. The number of carbonyl (C=O) groups excluding carboxylic acids is 1. The molecule has 0 unspecified atom stereocenters. The number of hydrogen-bond acceptors (Lipinski definition) is 7. The third kappa shape index (κ3) is 6.08. The van der Waals surface area contributed by atoms with Gasteiger partial charge in [0.15, 0.2) is 0 Å². The number of nitrogens with one attached hydrogen (secondary N) is 1. The van der Waals surface area contributed by atoms with Gasteiger partial charge in [-0.2, -0.15) is 0 Å². The second kappa shape index (κ2) is 9.92. The average molecular weight is 437 g/mol. The summed E-state index contributed by atoms with van der Waals surface area (Å²) < 4.78 is 35.7. The van der Waals surface area contributed by atoms with E-state index in [0.717, 1.165) is 10.6 Å². The molecule has 2 aromatic rings. The van der Waals surface area contributed by atoms with Gasteiger partial charge in [-0.3, -0.25) is 19.2 Å². The number of rotatable bonds is 10. The number of nitrogens with zero attached hydrogens (tertiary/aromatic N) is 2. The van der Waals surface area contributed by atoms with Crippen LogP contribution in [-0.2, 0) is 14.8 Å². The topological polar surface area (TPSA) is 128 Å². The van der Waals surface area contributed by atoms with Crippen molar-refractivity contribution in [2.45, 2.75) is 12.8 Å². The van der Waals surface area contributed by atoms with Crippen LogP contribution in [0, 0.1) is 10.1 Å². The Labute approximate surface area is 174 Å². The van der Waals surface area contributed by atoms with Crippen LogP contribution in [0.2, 0.25) is 0 Å². The zero-order valence-electron chi connectivity index (χ0n) is 16.8. The molecular formula is C19H23N3O7S. The van der Waals surface area contributed by atoms with E-state index in [2.05, 4.69) is 5.32 Å². The molecule has 0 atom stereocenters. The summed E-state index contributed by atoms with van der Waals surface area (Å²) in [6.07, 6.45) is 1.25. The highest BCUT2D eigenvalue weighted by atomic mass is 32.2. The van der Waals surface area contributed by atoms with Crippen molar-refractivity contribution < 1.29 is 27.6 Å². The van der Waals surface area contributed by atoms with Gasteiger partial charge >= 0.3 is 0 Å². The third-order valence-corrected chi connectivity index (χ3v) is 5.37. The summed E-state index contributed by atoms with van der Waals surface area (Å²) in [5, 5.41) is 13.7. The Kier molecular flexibility index (Phi) is 7.59. The van der Waals surface area contributed by atoms with Crippen LogP contribution >= 0.6 is 0 Å². The number of sulfonamides is 1. The number of non-ortho nitro benzene ring substituents is 1. The van der Waals surface area contributed by atoms with E-state index in [1.807, 2.05) is 0 Å². The minimum absolute atomic E-state index is 0.00678. The van der Waals surface area contributed by atoms with Crippen LogP contribution in [0.3, 0.4) is 0 Å². The second-order valence-electron chi connectivity index (χ2n) is 6.33. The monoisotopic (exact) mass is 437 g/mol. The van der Waals surface area contributed by atoms with Crippen LogP contribution in [0.25, 0.3) is 0 Å². The van der Waals surface area contributed by atoms with Gasteiger partial charge in [-0.15, -0.1) is 0 Å². The molecule has 0 heterocycles. The van der Waals surface area contributed by atoms with E-state index >= 15 is 0 Å². The molecule has 0 fully saturated rings. The van der Waals surface area contributed by atoms with Crippen molar-refractivity contribution in [1.29, 1.82) is 0 Å². The first kappa shape index (κ1) is 22.9. The number of amides is 1. The highest BCUT2D eigenvalue weighted by molar-refractivity contribution is 7.92. The summed E-state index contributed by atoms with van der Waals surface area (Å²) in [5.74, 6) is 0.675. The maximum absolute atomic E-state index is 12.3. The Balaban J connectivity index is 2.05. The van der Waals surface area contributed by atoms with Crippen molar-refractivity contribution in [3.63, 3.8) is 0 Å². The van der Waals surface area contributed by atoms with Gasteiger partial charge in [-0.1, -0.05) is 6.07 Å². The molecule has 0 bridgehead atoms. The fraction of sp³-hybridized carbons (Fsp3) is 0.316. The van der Waals surface area contributed by atoms with Crippen molar-refractivity contribution >= 4 is 33.0 Å². The summed E-state index contributed by atoms with van der Waals surface area (Å²) in [6, 6.07) is 10.3. The average Bonchev–Trinajstić information content (AvgIpc) is 2.70. The summed E-state index contributed by atoms with van der Waals surface area (Å²) in [4.78, 5) is 22.7. The zero-order chi connectivity index (χ0) is 22.3. The molecule has 2 rings (SSSR count). The van der Waals surface area contributed by atoms with Gasteiger partial charge in [-0.25, -0.2) is 8.42 Å². The molecule has 2 aromatic carbocycles. The van der Waals surface area contributed by atoms with Crippen molar-refractivity contribution in [1.82, 2.24) is 0 Å². The second-order valence-corrected chi connectivity index (χ2v) is 8.24. The number of ether oxygens (including phenoxy) is 2. The van der Waals surface area contributed by atoms with Crippen LogP contribution in [0.5, 0.6) is 11.5 Å². The summed E-state index contributed by atoms with van der Waals surface area (Å²) >= 11 is 0. The number of carbonyl (C=O) groups is 1. The number of anilines is 2. The molecule has 0 spiro atoms. The van der Waals surface area contributed by atoms with Gasteiger partial charge in [0, 0.05) is 31.2 Å². The Morgan fingerprint density at radius 1 is 1.17 bits per heavy atom. The fourth-order valence-corrected chi connectivity index (χ4v) is 3.70. The van der Waals surface area contributed by atoms with Gasteiger partial charge in [-0.05, 0) is 24.6 Å². The summed E-state index contributed by atoms with van der Waals surface area (Å²) in [6.45, 7) is -0.00678. The third-order valence-electron chi connectivity index (χ3n) is 4.18. The van der Waals surface area contributed by atoms with Gasteiger partial charge in [0.2, 0.25) is 15.9 Å². The quantitative estimate of drug-likeness (QED) is 0.447. The molecule has 162 valence electrons. The minimum Gasteiger partial charge on any atom is -0.497 e. The molecule has 11 heteroatoms.